The van der Waals surface area contributed by atoms with E-state index in [1.807, 2.05) is 0 Å². The molecule has 0 heterocycles. The Morgan fingerprint density at radius 3 is 1.92 bits per heavy atom. The van der Waals surface area contributed by atoms with Gasteiger partial charge in [0.05, 0.1) is 6.42 Å². The number of carboxylic acid groups (broad SMARTS) is 1. The molecule has 0 radical (unpaired) electrons. The quantitative estimate of drug-likeness (QED) is 0.189. The summed E-state index contributed by atoms with van der Waals surface area (Å²) in [6.45, 7) is 4.32. The summed E-state index contributed by atoms with van der Waals surface area (Å²) in [7, 11) is 0. The van der Waals surface area contributed by atoms with Crippen molar-refractivity contribution in [1.82, 2.24) is 21.3 Å². The van der Waals surface area contributed by atoms with Crippen LogP contribution in [-0.4, -0.2) is 76.4 Å². The number of phenols is 1. The number of ketones is 1. The molecule has 0 aliphatic heterocycles. The van der Waals surface area contributed by atoms with Crippen molar-refractivity contribution >= 4 is 35.4 Å². The molecule has 0 saturated carbocycles. The van der Waals surface area contributed by atoms with Crippen molar-refractivity contribution in [1.29, 1.82) is 0 Å². The highest BCUT2D eigenvalue weighted by atomic mass is 19.1. The molecule has 1 rings (SSSR count). The maximum Gasteiger partial charge on any atom is 0.305 e. The molecule has 0 aromatic heterocycles. The van der Waals surface area contributed by atoms with Crippen molar-refractivity contribution in [2.75, 3.05) is 6.67 Å². The van der Waals surface area contributed by atoms with E-state index in [1.165, 1.54) is 26.0 Å². The summed E-state index contributed by atoms with van der Waals surface area (Å²) in [5.74, 6) is -5.77. The number of nitrogens with one attached hydrogen (secondary N) is 4. The topological polar surface area (TPSA) is 191 Å². The van der Waals surface area contributed by atoms with Gasteiger partial charge in [-0.1, -0.05) is 26.0 Å². The van der Waals surface area contributed by atoms with Crippen molar-refractivity contribution < 1.29 is 43.4 Å². The van der Waals surface area contributed by atoms with E-state index in [0.29, 0.717) is 5.56 Å². The second-order valence-electron chi connectivity index (χ2n) is 8.84. The van der Waals surface area contributed by atoms with Crippen LogP contribution in [0.5, 0.6) is 5.75 Å². The summed E-state index contributed by atoms with van der Waals surface area (Å²) in [6, 6.07) is 0.992. The average Bonchev–Trinajstić information content (AvgIpc) is 2.81. The third-order valence-corrected chi connectivity index (χ3v) is 5.28. The van der Waals surface area contributed by atoms with Crippen molar-refractivity contribution in [2.24, 2.45) is 5.92 Å². The van der Waals surface area contributed by atoms with Crippen LogP contribution in [0.4, 0.5) is 4.39 Å². The lowest BCUT2D eigenvalue weighted by Gasteiger charge is -2.26. The van der Waals surface area contributed by atoms with Crippen LogP contribution in [-0.2, 0) is 35.2 Å². The van der Waals surface area contributed by atoms with Crippen molar-refractivity contribution in [3.63, 3.8) is 0 Å². The van der Waals surface area contributed by atoms with Gasteiger partial charge >= 0.3 is 5.97 Å². The molecule has 0 unspecified atom stereocenters. The fourth-order valence-electron chi connectivity index (χ4n) is 3.29. The number of halogens is 1. The highest BCUT2D eigenvalue weighted by Crippen LogP contribution is 2.12. The molecule has 204 valence electrons. The zero-order chi connectivity index (χ0) is 28.3. The summed E-state index contributed by atoms with van der Waals surface area (Å²) in [4.78, 5) is 72.5. The molecule has 0 fully saturated rings. The molecule has 13 heteroatoms. The van der Waals surface area contributed by atoms with Crippen LogP contribution >= 0.6 is 0 Å². The fourth-order valence-corrected chi connectivity index (χ4v) is 3.29. The van der Waals surface area contributed by atoms with E-state index < -0.39 is 78.6 Å². The van der Waals surface area contributed by atoms with Gasteiger partial charge in [0, 0.05) is 13.3 Å². The first-order valence-corrected chi connectivity index (χ1v) is 11.5. The number of amides is 4. The number of rotatable bonds is 14. The Morgan fingerprint density at radius 2 is 1.43 bits per heavy atom. The third kappa shape index (κ3) is 10.6. The number of Topliss-reactive ketones (excluding diaryl/α,β-unsaturated/α-hetero) is 1. The number of hydrogen-bond donors (Lipinski definition) is 6. The van der Waals surface area contributed by atoms with Gasteiger partial charge in [-0.2, -0.15) is 0 Å². The number of carbonyl (C=O) groups excluding carboxylic acids is 5. The molecule has 1 aromatic rings. The lowest BCUT2D eigenvalue weighted by atomic mass is 10.0. The Balaban J connectivity index is 2.92. The number of phenolic OH excluding ortho intramolecular Hbond substituents is 1. The third-order valence-electron chi connectivity index (χ3n) is 5.28. The van der Waals surface area contributed by atoms with Crippen LogP contribution in [0, 0.1) is 5.92 Å². The molecule has 0 saturated heterocycles. The highest BCUT2D eigenvalue weighted by Gasteiger charge is 2.31. The Bertz CT molecular complexity index is 999. The van der Waals surface area contributed by atoms with Gasteiger partial charge in [-0.15, -0.1) is 0 Å². The van der Waals surface area contributed by atoms with Gasteiger partial charge < -0.3 is 31.5 Å². The number of hydrogen-bond acceptors (Lipinski definition) is 7. The molecule has 1 aromatic carbocycles. The van der Waals surface area contributed by atoms with Crippen molar-refractivity contribution in [2.45, 2.75) is 64.7 Å². The largest absolute Gasteiger partial charge is 0.508 e. The predicted octanol–water partition coefficient (Wildman–Crippen LogP) is -0.417. The summed E-state index contributed by atoms with van der Waals surface area (Å²) < 4.78 is 12.7. The molecule has 0 spiro atoms. The summed E-state index contributed by atoms with van der Waals surface area (Å²) >= 11 is 0. The Labute approximate surface area is 213 Å². The van der Waals surface area contributed by atoms with Gasteiger partial charge in [-0.3, -0.25) is 28.8 Å². The smallest absolute Gasteiger partial charge is 0.305 e. The molecule has 0 aliphatic rings. The maximum absolute atomic E-state index is 13.0. The molecule has 0 bridgehead atoms. The first-order chi connectivity index (χ1) is 17.2. The standard InChI is InChI=1S/C24H33FN4O8/c1-12(2)21(24(37)26-13(3)22(35)28-17(10-20(33)34)19(32)11-25)29-23(36)18(27-14(4)30)9-15-5-7-16(31)8-6-15/h5-8,12-13,17-18,21,31H,9-11H2,1-4H3,(H,26,37)(H,27,30)(H,28,35)(H,29,36)(H,33,34)/t13-,17-,18-,21-/m0/s1. The summed E-state index contributed by atoms with van der Waals surface area (Å²) in [6.07, 6.45) is -0.754. The van der Waals surface area contributed by atoms with E-state index >= 15 is 0 Å². The molecule has 12 nitrogen and oxygen atoms in total. The predicted molar refractivity (Wildman–Crippen MR) is 129 cm³/mol. The van der Waals surface area contributed by atoms with Crippen molar-refractivity contribution in [3.8, 4) is 5.75 Å². The Morgan fingerprint density at radius 1 is 0.838 bits per heavy atom. The number of carbonyl (C=O) groups is 6. The normalized spacial score (nSPS) is 14.0. The number of benzene rings is 1. The number of aliphatic carboxylic acids is 1. The minimum absolute atomic E-state index is 0.0299. The summed E-state index contributed by atoms with van der Waals surface area (Å²) in [5, 5.41) is 27.9. The Hall–Kier alpha value is -4.03. The molecular formula is C24H33FN4O8. The highest BCUT2D eigenvalue weighted by molar-refractivity contribution is 5.96. The minimum Gasteiger partial charge on any atom is -0.508 e. The van der Waals surface area contributed by atoms with Crippen LogP contribution < -0.4 is 21.3 Å². The van der Waals surface area contributed by atoms with E-state index in [-0.39, 0.29) is 12.2 Å². The van der Waals surface area contributed by atoms with Crippen molar-refractivity contribution in [3.05, 3.63) is 29.8 Å². The lowest BCUT2D eigenvalue weighted by Crippen LogP contribution is -2.58. The second-order valence-corrected chi connectivity index (χ2v) is 8.84. The second kappa shape index (κ2) is 14.5. The number of alkyl halides is 1. The van der Waals surface area contributed by atoms with E-state index in [4.69, 9.17) is 5.11 Å². The first kappa shape index (κ1) is 31.0. The number of carboxylic acids is 1. The molecule has 0 aliphatic carbocycles. The average molecular weight is 525 g/mol. The maximum atomic E-state index is 13.0. The first-order valence-electron chi connectivity index (χ1n) is 11.5. The number of aromatic hydroxyl groups is 1. The monoisotopic (exact) mass is 524 g/mol. The van der Waals surface area contributed by atoms with Gasteiger partial charge in [0.15, 0.2) is 5.78 Å². The molecule has 4 amide bonds. The summed E-state index contributed by atoms with van der Waals surface area (Å²) in [5.41, 5.74) is 0.640. The van der Waals surface area contributed by atoms with Gasteiger partial charge in [0.2, 0.25) is 23.6 Å². The van der Waals surface area contributed by atoms with Crippen LogP contribution in [0.3, 0.4) is 0 Å². The molecule has 6 N–H and O–H groups in total. The Kier molecular flexibility index (Phi) is 12.2. The molecule has 37 heavy (non-hydrogen) atoms. The molecule has 4 atom stereocenters. The SMILES string of the molecule is CC(=O)N[C@@H](Cc1ccc(O)cc1)C(=O)N[C@H](C(=O)N[C@@H](C)C(=O)N[C@@H](CC(=O)O)C(=O)CF)C(C)C. The van der Waals surface area contributed by atoms with E-state index in [0.717, 1.165) is 0 Å². The van der Waals surface area contributed by atoms with Crippen LogP contribution in [0.15, 0.2) is 24.3 Å². The zero-order valence-corrected chi connectivity index (χ0v) is 21.0. The van der Waals surface area contributed by atoms with E-state index in [1.54, 1.807) is 26.0 Å². The zero-order valence-electron chi connectivity index (χ0n) is 21.0. The fraction of sp³-hybridized carbons (Fsp3) is 0.500. The van der Waals surface area contributed by atoms with Crippen LogP contribution in [0.2, 0.25) is 0 Å². The van der Waals surface area contributed by atoms with Gasteiger partial charge in [0.25, 0.3) is 0 Å². The molecular weight excluding hydrogens is 491 g/mol. The van der Waals surface area contributed by atoms with E-state index in [9.17, 15) is 38.3 Å². The van der Waals surface area contributed by atoms with Crippen LogP contribution in [0.1, 0.15) is 39.7 Å². The van der Waals surface area contributed by atoms with Crippen LogP contribution in [0.25, 0.3) is 0 Å². The van der Waals surface area contributed by atoms with E-state index in [2.05, 4.69) is 21.3 Å². The van der Waals surface area contributed by atoms with Gasteiger partial charge in [-0.25, -0.2) is 4.39 Å². The minimum atomic E-state index is -1.60. The van der Waals surface area contributed by atoms with Gasteiger partial charge in [0.1, 0.15) is 36.6 Å². The lowest BCUT2D eigenvalue weighted by molar-refractivity contribution is -0.140. The van der Waals surface area contributed by atoms with Gasteiger partial charge in [-0.05, 0) is 30.5 Å².